The maximum Gasteiger partial charge on any atom is 0.228 e. The van der Waals surface area contributed by atoms with Crippen LogP contribution in [0.1, 0.15) is 24.6 Å². The second kappa shape index (κ2) is 4.58. The first-order valence-corrected chi connectivity index (χ1v) is 6.41. The van der Waals surface area contributed by atoms with Gasteiger partial charge in [0, 0.05) is 11.5 Å². The Morgan fingerprint density at radius 3 is 2.89 bits per heavy atom. The molecule has 2 fully saturated rings. The maximum absolute atomic E-state index is 12.4. The SMILES string of the molecule is C=CC[C@@H]1C[C@H]2COC(c3ccccc3)N2C1=O. The van der Waals surface area contributed by atoms with E-state index in [1.807, 2.05) is 41.3 Å². The summed E-state index contributed by atoms with van der Waals surface area (Å²) in [6.45, 7) is 4.38. The van der Waals surface area contributed by atoms with E-state index in [0.717, 1.165) is 18.4 Å². The number of ether oxygens (including phenoxy) is 1. The molecule has 2 aliphatic rings. The van der Waals surface area contributed by atoms with Gasteiger partial charge >= 0.3 is 0 Å². The zero-order chi connectivity index (χ0) is 12.5. The van der Waals surface area contributed by atoms with Crippen LogP contribution in [-0.4, -0.2) is 23.5 Å². The topological polar surface area (TPSA) is 29.5 Å². The van der Waals surface area contributed by atoms with E-state index in [4.69, 9.17) is 4.74 Å². The maximum atomic E-state index is 12.4. The van der Waals surface area contributed by atoms with Crippen LogP contribution in [-0.2, 0) is 9.53 Å². The van der Waals surface area contributed by atoms with E-state index in [1.54, 1.807) is 0 Å². The number of carbonyl (C=O) groups excluding carboxylic acids is 1. The molecule has 0 aromatic heterocycles. The Morgan fingerprint density at radius 2 is 2.17 bits per heavy atom. The summed E-state index contributed by atoms with van der Waals surface area (Å²) in [6, 6.07) is 10.2. The second-order valence-electron chi connectivity index (χ2n) is 4.95. The number of benzene rings is 1. The summed E-state index contributed by atoms with van der Waals surface area (Å²) in [5, 5.41) is 0. The summed E-state index contributed by atoms with van der Waals surface area (Å²) < 4.78 is 5.78. The summed E-state index contributed by atoms with van der Waals surface area (Å²) in [6.07, 6.45) is 3.31. The Morgan fingerprint density at radius 1 is 1.39 bits per heavy atom. The van der Waals surface area contributed by atoms with Gasteiger partial charge in [0.25, 0.3) is 0 Å². The summed E-state index contributed by atoms with van der Waals surface area (Å²) >= 11 is 0. The molecule has 94 valence electrons. The van der Waals surface area contributed by atoms with Gasteiger partial charge in [-0.1, -0.05) is 36.4 Å². The van der Waals surface area contributed by atoms with Gasteiger partial charge in [-0.3, -0.25) is 4.79 Å². The van der Waals surface area contributed by atoms with E-state index in [1.165, 1.54) is 0 Å². The first-order chi connectivity index (χ1) is 8.81. The van der Waals surface area contributed by atoms with E-state index >= 15 is 0 Å². The molecule has 0 aliphatic carbocycles. The zero-order valence-electron chi connectivity index (χ0n) is 10.3. The number of fused-ring (bicyclic) bond motifs is 1. The van der Waals surface area contributed by atoms with Gasteiger partial charge in [0.15, 0.2) is 6.23 Å². The molecule has 1 aromatic carbocycles. The minimum Gasteiger partial charge on any atom is -0.352 e. The van der Waals surface area contributed by atoms with E-state index in [9.17, 15) is 4.79 Å². The summed E-state index contributed by atoms with van der Waals surface area (Å²) in [5.41, 5.74) is 1.06. The lowest BCUT2D eigenvalue weighted by Gasteiger charge is -2.23. The highest BCUT2D eigenvalue weighted by Gasteiger charge is 2.47. The molecule has 3 nitrogen and oxygen atoms in total. The van der Waals surface area contributed by atoms with Crippen LogP contribution in [0, 0.1) is 5.92 Å². The molecule has 0 radical (unpaired) electrons. The number of allylic oxidation sites excluding steroid dienone is 1. The molecule has 0 spiro atoms. The molecule has 0 bridgehead atoms. The molecular weight excluding hydrogens is 226 g/mol. The first kappa shape index (κ1) is 11.5. The quantitative estimate of drug-likeness (QED) is 0.763. The third kappa shape index (κ3) is 1.75. The van der Waals surface area contributed by atoms with Gasteiger partial charge in [-0.2, -0.15) is 0 Å². The van der Waals surface area contributed by atoms with Gasteiger partial charge in [-0.05, 0) is 12.8 Å². The zero-order valence-corrected chi connectivity index (χ0v) is 10.3. The molecule has 1 amide bonds. The molecule has 18 heavy (non-hydrogen) atoms. The largest absolute Gasteiger partial charge is 0.352 e. The summed E-state index contributed by atoms with van der Waals surface area (Å²) in [5.74, 6) is 0.314. The smallest absolute Gasteiger partial charge is 0.228 e. The van der Waals surface area contributed by atoms with Gasteiger partial charge < -0.3 is 9.64 Å². The second-order valence-corrected chi connectivity index (χ2v) is 4.95. The normalized spacial score (nSPS) is 30.6. The molecule has 2 saturated heterocycles. The summed E-state index contributed by atoms with van der Waals surface area (Å²) in [4.78, 5) is 14.3. The highest BCUT2D eigenvalue weighted by atomic mass is 16.5. The van der Waals surface area contributed by atoms with E-state index in [0.29, 0.717) is 6.61 Å². The van der Waals surface area contributed by atoms with Gasteiger partial charge in [0.05, 0.1) is 12.6 Å². The highest BCUT2D eigenvalue weighted by Crippen LogP contribution is 2.40. The van der Waals surface area contributed by atoms with Crippen molar-refractivity contribution in [1.29, 1.82) is 0 Å². The Balaban J connectivity index is 1.84. The number of nitrogens with zero attached hydrogens (tertiary/aromatic N) is 1. The van der Waals surface area contributed by atoms with Crippen molar-refractivity contribution in [1.82, 2.24) is 4.90 Å². The third-order valence-electron chi connectivity index (χ3n) is 3.79. The number of hydrogen-bond donors (Lipinski definition) is 0. The van der Waals surface area contributed by atoms with Crippen molar-refractivity contribution >= 4 is 5.91 Å². The molecule has 1 unspecified atom stereocenters. The standard InChI is InChI=1S/C15H17NO2/c1-2-6-12-9-13-10-18-15(16(13)14(12)17)11-7-4-3-5-8-11/h2-5,7-8,12-13,15H,1,6,9-10H2/t12-,13+,15?/m1/s1. The van der Waals surface area contributed by atoms with E-state index in [-0.39, 0.29) is 24.1 Å². The molecule has 3 rings (SSSR count). The highest BCUT2D eigenvalue weighted by molar-refractivity contribution is 5.82. The Bertz CT molecular complexity index is 457. The van der Waals surface area contributed by atoms with Gasteiger partial charge in [-0.15, -0.1) is 6.58 Å². The van der Waals surface area contributed by atoms with Crippen molar-refractivity contribution < 1.29 is 9.53 Å². The van der Waals surface area contributed by atoms with Crippen LogP contribution < -0.4 is 0 Å². The van der Waals surface area contributed by atoms with E-state index < -0.39 is 0 Å². The minimum absolute atomic E-state index is 0.0996. The number of hydrogen-bond acceptors (Lipinski definition) is 2. The van der Waals surface area contributed by atoms with Gasteiger partial charge in [-0.25, -0.2) is 0 Å². The van der Waals surface area contributed by atoms with Crippen LogP contribution >= 0.6 is 0 Å². The van der Waals surface area contributed by atoms with E-state index in [2.05, 4.69) is 6.58 Å². The van der Waals surface area contributed by atoms with Crippen molar-refractivity contribution in [3.05, 3.63) is 48.6 Å². The fourth-order valence-corrected chi connectivity index (χ4v) is 2.94. The van der Waals surface area contributed by atoms with Crippen molar-refractivity contribution in [3.8, 4) is 0 Å². The predicted octanol–water partition coefficient (Wildman–Crippen LogP) is 2.51. The lowest BCUT2D eigenvalue weighted by Crippen LogP contribution is -2.32. The molecule has 0 N–H and O–H groups in total. The predicted molar refractivity (Wildman–Crippen MR) is 68.7 cm³/mol. The van der Waals surface area contributed by atoms with Gasteiger partial charge in [0.1, 0.15) is 0 Å². The third-order valence-corrected chi connectivity index (χ3v) is 3.79. The van der Waals surface area contributed by atoms with Crippen molar-refractivity contribution in [3.63, 3.8) is 0 Å². The Labute approximate surface area is 107 Å². The van der Waals surface area contributed by atoms with Crippen LogP contribution in [0.25, 0.3) is 0 Å². The number of rotatable bonds is 3. The lowest BCUT2D eigenvalue weighted by molar-refractivity contribution is -0.137. The average molecular weight is 243 g/mol. The van der Waals surface area contributed by atoms with Crippen LogP contribution in [0.3, 0.4) is 0 Å². The molecule has 3 heteroatoms. The van der Waals surface area contributed by atoms with Gasteiger partial charge in [0.2, 0.25) is 5.91 Å². The first-order valence-electron chi connectivity index (χ1n) is 6.41. The monoisotopic (exact) mass is 243 g/mol. The lowest BCUT2D eigenvalue weighted by atomic mass is 10.0. The Hall–Kier alpha value is -1.61. The number of amides is 1. The average Bonchev–Trinajstić information content (AvgIpc) is 2.93. The molecule has 1 aromatic rings. The molecule has 2 heterocycles. The summed E-state index contributed by atoms with van der Waals surface area (Å²) in [7, 11) is 0. The van der Waals surface area contributed by atoms with Crippen molar-refractivity contribution in [2.45, 2.75) is 25.1 Å². The van der Waals surface area contributed by atoms with Crippen LogP contribution in [0.4, 0.5) is 0 Å². The molecule has 0 saturated carbocycles. The molecular formula is C15H17NO2. The van der Waals surface area contributed by atoms with Crippen molar-refractivity contribution in [2.24, 2.45) is 5.92 Å². The fourth-order valence-electron chi connectivity index (χ4n) is 2.94. The van der Waals surface area contributed by atoms with Crippen LogP contribution in [0.5, 0.6) is 0 Å². The van der Waals surface area contributed by atoms with Crippen molar-refractivity contribution in [2.75, 3.05) is 6.61 Å². The Kier molecular flexibility index (Phi) is 2.92. The minimum atomic E-state index is -0.196. The van der Waals surface area contributed by atoms with Crippen LogP contribution in [0.2, 0.25) is 0 Å². The number of carbonyl (C=O) groups is 1. The molecule has 3 atom stereocenters. The van der Waals surface area contributed by atoms with Crippen LogP contribution in [0.15, 0.2) is 43.0 Å². The fraction of sp³-hybridized carbons (Fsp3) is 0.400. The molecule has 2 aliphatic heterocycles.